The van der Waals surface area contributed by atoms with Crippen molar-refractivity contribution in [3.05, 3.63) is 42.2 Å². The van der Waals surface area contributed by atoms with Gasteiger partial charge in [0.25, 0.3) is 5.89 Å². The number of nitrogens with zero attached hydrogens (tertiary/aromatic N) is 7. The molecule has 1 aromatic carbocycles. The van der Waals surface area contributed by atoms with Gasteiger partial charge in [0, 0.05) is 32.4 Å². The fourth-order valence-corrected chi connectivity index (χ4v) is 3.78. The lowest BCUT2D eigenvalue weighted by Gasteiger charge is -2.40. The zero-order valence-electron chi connectivity index (χ0n) is 16.6. The van der Waals surface area contributed by atoms with Gasteiger partial charge in [-0.05, 0) is 54.0 Å². The topological polar surface area (TPSA) is 112 Å². The Kier molecular flexibility index (Phi) is 5.79. The maximum absolute atomic E-state index is 13.2. The number of carbonyl (C=O) groups excluding carboxylic acids is 1. The predicted octanol–water partition coefficient (Wildman–Crippen LogP) is 1.46. The van der Waals surface area contributed by atoms with E-state index in [1.165, 1.54) is 23.1 Å². The molecule has 158 valence electrons. The molecule has 3 aromatic rings. The molecule has 1 fully saturated rings. The lowest BCUT2D eigenvalue weighted by atomic mass is 9.76. The van der Waals surface area contributed by atoms with Gasteiger partial charge in [0.1, 0.15) is 18.7 Å². The number of benzene rings is 1. The molecule has 1 unspecified atom stereocenters. The second-order valence-corrected chi connectivity index (χ2v) is 7.38. The van der Waals surface area contributed by atoms with Crippen LogP contribution in [0.3, 0.4) is 0 Å². The maximum Gasteiger partial charge on any atom is 0.257 e. The summed E-state index contributed by atoms with van der Waals surface area (Å²) in [6.07, 6.45) is 3.65. The Labute approximate surface area is 172 Å². The smallest absolute Gasteiger partial charge is 0.257 e. The number of amides is 1. The first-order valence-corrected chi connectivity index (χ1v) is 9.67. The van der Waals surface area contributed by atoms with Gasteiger partial charge in [0.15, 0.2) is 5.82 Å². The number of hydrogen-bond donors (Lipinski definition) is 0. The summed E-state index contributed by atoms with van der Waals surface area (Å²) < 4.78 is 25.4. The summed E-state index contributed by atoms with van der Waals surface area (Å²) in [5.41, 5.74) is 0.145. The highest BCUT2D eigenvalue weighted by Crippen LogP contribution is 2.37. The first-order valence-electron chi connectivity index (χ1n) is 9.67. The minimum atomic E-state index is -0.494. The van der Waals surface area contributed by atoms with Crippen LogP contribution in [0.25, 0.3) is 11.5 Å². The Morgan fingerprint density at radius 3 is 2.90 bits per heavy atom. The van der Waals surface area contributed by atoms with Crippen LogP contribution in [0.2, 0.25) is 0 Å². The van der Waals surface area contributed by atoms with E-state index >= 15 is 0 Å². The maximum atomic E-state index is 13.2. The third-order valence-electron chi connectivity index (χ3n) is 5.39. The lowest BCUT2D eigenvalue weighted by Crippen LogP contribution is -2.50. The Balaban J connectivity index is 1.57. The number of methoxy groups -OCH3 is 1. The van der Waals surface area contributed by atoms with Crippen molar-refractivity contribution in [1.29, 1.82) is 0 Å². The highest BCUT2D eigenvalue weighted by atomic mass is 19.1. The van der Waals surface area contributed by atoms with E-state index in [-0.39, 0.29) is 18.3 Å². The number of piperidine rings is 1. The van der Waals surface area contributed by atoms with Crippen LogP contribution >= 0.6 is 0 Å². The summed E-state index contributed by atoms with van der Waals surface area (Å²) in [5, 5.41) is 15.1. The van der Waals surface area contributed by atoms with Crippen LogP contribution in [-0.4, -0.2) is 68.0 Å². The van der Waals surface area contributed by atoms with E-state index < -0.39 is 5.41 Å². The Hall–Kier alpha value is -3.21. The van der Waals surface area contributed by atoms with Gasteiger partial charge in [-0.25, -0.2) is 9.07 Å². The van der Waals surface area contributed by atoms with Gasteiger partial charge in [0.05, 0.1) is 5.41 Å². The van der Waals surface area contributed by atoms with Crippen molar-refractivity contribution >= 4 is 5.91 Å². The van der Waals surface area contributed by atoms with Crippen molar-refractivity contribution in [2.45, 2.75) is 31.2 Å². The molecule has 1 saturated heterocycles. The summed E-state index contributed by atoms with van der Waals surface area (Å²) in [4.78, 5) is 19.2. The average Bonchev–Trinajstić information content (AvgIpc) is 3.45. The van der Waals surface area contributed by atoms with Crippen molar-refractivity contribution in [2.75, 3.05) is 26.8 Å². The number of rotatable bonds is 7. The molecule has 1 aliphatic heterocycles. The van der Waals surface area contributed by atoms with Crippen LogP contribution in [-0.2, 0) is 21.5 Å². The Morgan fingerprint density at radius 1 is 1.33 bits per heavy atom. The molecule has 4 rings (SSSR count). The summed E-state index contributed by atoms with van der Waals surface area (Å²) in [6.45, 7) is 1.65. The van der Waals surface area contributed by atoms with Crippen molar-refractivity contribution < 1.29 is 18.4 Å². The largest absolute Gasteiger partial charge is 0.385 e. The van der Waals surface area contributed by atoms with Gasteiger partial charge in [-0.15, -0.1) is 5.10 Å². The number of carbonyl (C=O) groups is 1. The van der Waals surface area contributed by atoms with Crippen LogP contribution in [0.15, 0.2) is 35.1 Å². The van der Waals surface area contributed by atoms with Crippen LogP contribution in [0.1, 0.15) is 25.1 Å². The second kappa shape index (κ2) is 8.66. The zero-order chi connectivity index (χ0) is 21.0. The molecule has 0 bridgehead atoms. The van der Waals surface area contributed by atoms with Crippen molar-refractivity contribution in [1.82, 2.24) is 35.2 Å². The molecule has 0 spiro atoms. The molecule has 1 aliphatic rings. The zero-order valence-corrected chi connectivity index (χ0v) is 16.6. The Bertz CT molecular complexity index is 976. The molecular weight excluding hydrogens is 393 g/mol. The molecule has 0 radical (unpaired) electrons. The number of tetrazole rings is 1. The molecule has 11 heteroatoms. The highest BCUT2D eigenvalue weighted by molar-refractivity contribution is 5.76. The summed E-state index contributed by atoms with van der Waals surface area (Å²) >= 11 is 0. The van der Waals surface area contributed by atoms with Crippen LogP contribution < -0.4 is 0 Å². The van der Waals surface area contributed by atoms with Gasteiger partial charge in [0.2, 0.25) is 5.91 Å². The number of aromatic nitrogens is 6. The second-order valence-electron chi connectivity index (χ2n) is 7.38. The first-order chi connectivity index (χ1) is 14.6. The molecular formula is C19H22FN7O3. The van der Waals surface area contributed by atoms with Gasteiger partial charge in [-0.3, -0.25) is 4.79 Å². The molecule has 0 N–H and O–H groups in total. The van der Waals surface area contributed by atoms with E-state index in [0.29, 0.717) is 43.4 Å². The van der Waals surface area contributed by atoms with E-state index in [2.05, 4.69) is 25.7 Å². The third-order valence-corrected chi connectivity index (χ3v) is 5.39. The van der Waals surface area contributed by atoms with Gasteiger partial charge < -0.3 is 14.2 Å². The Morgan fingerprint density at radius 2 is 2.17 bits per heavy atom. The fraction of sp³-hybridized carbons (Fsp3) is 0.474. The number of likely N-dealkylation sites (tertiary alicyclic amines) is 1. The van der Waals surface area contributed by atoms with E-state index in [1.54, 1.807) is 24.1 Å². The minimum Gasteiger partial charge on any atom is -0.385 e. The van der Waals surface area contributed by atoms with E-state index in [9.17, 15) is 9.18 Å². The van der Waals surface area contributed by atoms with Gasteiger partial charge in [-0.1, -0.05) is 5.16 Å². The van der Waals surface area contributed by atoms with Crippen molar-refractivity contribution in [2.24, 2.45) is 0 Å². The van der Waals surface area contributed by atoms with Crippen LogP contribution in [0, 0.1) is 5.82 Å². The standard InChI is InChI=1S/C19H22FN7O3/c1-29-10-8-19(18-22-17(30-23-18)14-3-5-15(20)6-4-14)7-2-9-26(12-19)16(28)11-27-13-21-24-25-27/h3-6,13H,2,7-12H2,1H3. The van der Waals surface area contributed by atoms with Crippen molar-refractivity contribution in [3.63, 3.8) is 0 Å². The van der Waals surface area contributed by atoms with Gasteiger partial charge in [-0.2, -0.15) is 4.98 Å². The lowest BCUT2D eigenvalue weighted by molar-refractivity contribution is -0.134. The number of hydrogen-bond acceptors (Lipinski definition) is 8. The minimum absolute atomic E-state index is 0.0699. The van der Waals surface area contributed by atoms with E-state index in [0.717, 1.165) is 12.8 Å². The molecule has 2 aromatic heterocycles. The molecule has 1 amide bonds. The van der Waals surface area contributed by atoms with Crippen LogP contribution in [0.4, 0.5) is 4.39 Å². The average molecular weight is 415 g/mol. The molecule has 1 atom stereocenters. The SMILES string of the molecule is COCCC1(c2noc(-c3ccc(F)cc3)n2)CCCN(C(=O)Cn2cnnn2)C1. The number of halogens is 1. The predicted molar refractivity (Wildman–Crippen MR) is 101 cm³/mol. The molecule has 10 nitrogen and oxygen atoms in total. The molecule has 30 heavy (non-hydrogen) atoms. The highest BCUT2D eigenvalue weighted by Gasteiger charge is 2.42. The first kappa shape index (κ1) is 20.1. The van der Waals surface area contributed by atoms with E-state index in [1.807, 2.05) is 0 Å². The normalized spacial score (nSPS) is 19.2. The monoisotopic (exact) mass is 415 g/mol. The molecule has 0 saturated carbocycles. The van der Waals surface area contributed by atoms with E-state index in [4.69, 9.17) is 9.26 Å². The summed E-state index contributed by atoms with van der Waals surface area (Å²) in [7, 11) is 1.64. The van der Waals surface area contributed by atoms with Crippen LogP contribution in [0.5, 0.6) is 0 Å². The number of ether oxygens (including phenoxy) is 1. The van der Waals surface area contributed by atoms with Gasteiger partial charge >= 0.3 is 0 Å². The fourth-order valence-electron chi connectivity index (χ4n) is 3.78. The third kappa shape index (κ3) is 4.20. The summed E-state index contributed by atoms with van der Waals surface area (Å²) in [5.74, 6) is 0.433. The van der Waals surface area contributed by atoms with Crippen molar-refractivity contribution in [3.8, 4) is 11.5 Å². The molecule has 0 aliphatic carbocycles. The summed E-state index contributed by atoms with van der Waals surface area (Å²) in [6, 6.07) is 5.88. The quantitative estimate of drug-likeness (QED) is 0.570. The molecule has 3 heterocycles.